The van der Waals surface area contributed by atoms with Crippen LogP contribution in [0.5, 0.6) is 0 Å². The van der Waals surface area contributed by atoms with Crippen molar-refractivity contribution in [2.75, 3.05) is 6.61 Å². The monoisotopic (exact) mass is 273 g/mol. The van der Waals surface area contributed by atoms with E-state index in [-0.39, 0.29) is 12.5 Å². The predicted octanol–water partition coefficient (Wildman–Crippen LogP) is 0.843. The number of nitrogens with one attached hydrogen (secondary N) is 1. The largest absolute Gasteiger partial charge is 0.469 e. The van der Waals surface area contributed by atoms with Gasteiger partial charge in [-0.15, -0.1) is 0 Å². The van der Waals surface area contributed by atoms with Gasteiger partial charge in [0.25, 0.3) is 0 Å². The minimum atomic E-state index is -4.52. The van der Waals surface area contributed by atoms with Gasteiger partial charge in [-0.1, -0.05) is 30.3 Å². The highest BCUT2D eigenvalue weighted by Crippen LogP contribution is 2.35. The lowest BCUT2D eigenvalue weighted by Crippen LogP contribution is -2.38. The van der Waals surface area contributed by atoms with Crippen LogP contribution in [0.4, 0.5) is 0 Å². The molecule has 0 aliphatic carbocycles. The first-order valence-corrected chi connectivity index (χ1v) is 6.91. The second kappa shape index (κ2) is 6.66. The molecule has 0 spiro atoms. The molecule has 0 aliphatic heterocycles. The molecule has 0 saturated carbocycles. The molecule has 0 heterocycles. The molecule has 1 aromatic rings. The van der Waals surface area contributed by atoms with Crippen LogP contribution in [-0.4, -0.2) is 28.3 Å². The Morgan fingerprint density at radius 1 is 1.39 bits per heavy atom. The summed E-state index contributed by atoms with van der Waals surface area (Å²) in [5, 5.41) is 2.59. The van der Waals surface area contributed by atoms with E-state index in [2.05, 4.69) is 9.84 Å². The molecule has 0 fully saturated rings. The van der Waals surface area contributed by atoms with Gasteiger partial charge in [-0.25, -0.2) is 4.57 Å². The first kappa shape index (κ1) is 14.9. The fourth-order valence-corrected chi connectivity index (χ4v) is 1.90. The first-order valence-electron chi connectivity index (χ1n) is 5.38. The van der Waals surface area contributed by atoms with E-state index in [0.717, 1.165) is 5.56 Å². The van der Waals surface area contributed by atoms with Crippen LogP contribution in [-0.2, 0) is 20.3 Å². The standard InChI is InChI=1S/C11H16NO5P/c1-9(13)12-11(8-17-18(14,15)16)7-10-5-3-2-4-6-10/h2-6,11H,7-8H2,1H3,(H,12,13)(H2,14,15,16)/t11-/m0/s1. The molecule has 0 bridgehead atoms. The smallest absolute Gasteiger partial charge is 0.351 e. The zero-order valence-corrected chi connectivity index (χ0v) is 10.8. The average Bonchev–Trinajstić information content (AvgIpc) is 2.25. The summed E-state index contributed by atoms with van der Waals surface area (Å²) in [6, 6.07) is 8.83. The van der Waals surface area contributed by atoms with Gasteiger partial charge in [-0.3, -0.25) is 9.32 Å². The molecule has 0 unspecified atom stereocenters. The quantitative estimate of drug-likeness (QED) is 0.667. The van der Waals surface area contributed by atoms with Crippen molar-refractivity contribution in [1.82, 2.24) is 5.32 Å². The van der Waals surface area contributed by atoms with Gasteiger partial charge >= 0.3 is 7.82 Å². The Hall–Kier alpha value is -1.20. The molecule has 0 aromatic heterocycles. The van der Waals surface area contributed by atoms with Crippen molar-refractivity contribution in [3.8, 4) is 0 Å². The number of phosphoric acid groups is 1. The maximum atomic E-state index is 11.0. The molecule has 0 aliphatic rings. The molecule has 100 valence electrons. The maximum Gasteiger partial charge on any atom is 0.469 e. The number of hydrogen-bond acceptors (Lipinski definition) is 3. The molecule has 18 heavy (non-hydrogen) atoms. The number of phosphoric ester groups is 1. The van der Waals surface area contributed by atoms with Crippen LogP contribution in [0.15, 0.2) is 30.3 Å². The lowest BCUT2D eigenvalue weighted by atomic mass is 10.1. The zero-order chi connectivity index (χ0) is 13.6. The highest BCUT2D eigenvalue weighted by Gasteiger charge is 2.19. The number of rotatable bonds is 6. The summed E-state index contributed by atoms with van der Waals surface area (Å²) >= 11 is 0. The summed E-state index contributed by atoms with van der Waals surface area (Å²) in [4.78, 5) is 28.3. The van der Waals surface area contributed by atoms with E-state index in [1.54, 1.807) is 0 Å². The van der Waals surface area contributed by atoms with E-state index in [0.29, 0.717) is 6.42 Å². The van der Waals surface area contributed by atoms with Crippen molar-refractivity contribution in [2.24, 2.45) is 0 Å². The van der Waals surface area contributed by atoms with Gasteiger partial charge in [-0.2, -0.15) is 0 Å². The Balaban J connectivity index is 2.61. The van der Waals surface area contributed by atoms with E-state index < -0.39 is 13.9 Å². The Labute approximate surface area is 105 Å². The summed E-state index contributed by atoms with van der Waals surface area (Å²) in [5.41, 5.74) is 0.950. The van der Waals surface area contributed by atoms with Gasteiger partial charge in [0.05, 0.1) is 12.6 Å². The van der Waals surface area contributed by atoms with Crippen molar-refractivity contribution in [3.63, 3.8) is 0 Å². The lowest BCUT2D eigenvalue weighted by Gasteiger charge is -2.18. The van der Waals surface area contributed by atoms with Crippen molar-refractivity contribution < 1.29 is 23.7 Å². The van der Waals surface area contributed by atoms with Gasteiger partial charge < -0.3 is 15.1 Å². The molecule has 7 heteroatoms. The first-order chi connectivity index (χ1) is 8.37. The van der Waals surface area contributed by atoms with E-state index in [1.165, 1.54) is 6.92 Å². The number of hydrogen-bond donors (Lipinski definition) is 3. The van der Waals surface area contributed by atoms with E-state index in [9.17, 15) is 9.36 Å². The molecular weight excluding hydrogens is 257 g/mol. The Bertz CT molecular complexity index is 430. The van der Waals surface area contributed by atoms with Gasteiger partial charge in [0, 0.05) is 6.92 Å². The molecule has 0 saturated heterocycles. The van der Waals surface area contributed by atoms with Crippen molar-refractivity contribution in [2.45, 2.75) is 19.4 Å². The van der Waals surface area contributed by atoms with Gasteiger partial charge in [0.15, 0.2) is 0 Å². The second-order valence-corrected chi connectivity index (χ2v) is 5.11. The van der Waals surface area contributed by atoms with E-state index in [1.807, 2.05) is 30.3 Å². The minimum Gasteiger partial charge on any atom is -0.351 e. The maximum absolute atomic E-state index is 11.0. The van der Waals surface area contributed by atoms with Crippen LogP contribution >= 0.6 is 7.82 Å². The summed E-state index contributed by atoms with van der Waals surface area (Å²) in [5.74, 6) is -0.273. The third kappa shape index (κ3) is 6.51. The van der Waals surface area contributed by atoms with Crippen LogP contribution in [0, 0.1) is 0 Å². The highest BCUT2D eigenvalue weighted by atomic mass is 31.2. The van der Waals surface area contributed by atoms with Crippen molar-refractivity contribution in [3.05, 3.63) is 35.9 Å². The van der Waals surface area contributed by atoms with Crippen molar-refractivity contribution >= 4 is 13.7 Å². The number of amides is 1. The molecule has 3 N–H and O–H groups in total. The second-order valence-electron chi connectivity index (χ2n) is 3.87. The number of benzene rings is 1. The Kier molecular flexibility index (Phi) is 5.50. The fraction of sp³-hybridized carbons (Fsp3) is 0.364. The van der Waals surface area contributed by atoms with Crippen LogP contribution in [0.2, 0.25) is 0 Å². The van der Waals surface area contributed by atoms with E-state index >= 15 is 0 Å². The van der Waals surface area contributed by atoms with Crippen molar-refractivity contribution in [1.29, 1.82) is 0 Å². The normalized spacial score (nSPS) is 13.1. The summed E-state index contributed by atoms with van der Waals surface area (Å²) < 4.78 is 15.0. The predicted molar refractivity (Wildman–Crippen MR) is 65.7 cm³/mol. The number of carbonyl (C=O) groups is 1. The average molecular weight is 273 g/mol. The molecule has 1 amide bonds. The molecule has 0 radical (unpaired) electrons. The SMILES string of the molecule is CC(=O)N[C@H](COP(=O)(O)O)Cc1ccccc1. The number of carbonyl (C=O) groups excluding carboxylic acids is 1. The summed E-state index contributed by atoms with van der Waals surface area (Å²) in [7, 11) is -4.52. The molecule has 1 aromatic carbocycles. The Morgan fingerprint density at radius 2 is 2.00 bits per heavy atom. The molecular formula is C11H16NO5P. The van der Waals surface area contributed by atoms with E-state index in [4.69, 9.17) is 9.79 Å². The van der Waals surface area contributed by atoms with Gasteiger partial charge in [0.2, 0.25) is 5.91 Å². The minimum absolute atomic E-state index is 0.237. The third-order valence-electron chi connectivity index (χ3n) is 2.18. The summed E-state index contributed by atoms with van der Waals surface area (Å²) in [6.45, 7) is 1.11. The highest BCUT2D eigenvalue weighted by molar-refractivity contribution is 7.46. The fourth-order valence-electron chi connectivity index (χ4n) is 1.52. The molecule has 6 nitrogen and oxygen atoms in total. The third-order valence-corrected chi connectivity index (χ3v) is 2.66. The molecule has 1 atom stereocenters. The van der Waals surface area contributed by atoms with Crippen LogP contribution in [0.3, 0.4) is 0 Å². The zero-order valence-electron chi connectivity index (χ0n) is 9.94. The van der Waals surface area contributed by atoms with Crippen LogP contribution < -0.4 is 5.32 Å². The topological polar surface area (TPSA) is 95.9 Å². The van der Waals surface area contributed by atoms with Crippen LogP contribution in [0.25, 0.3) is 0 Å². The lowest BCUT2D eigenvalue weighted by molar-refractivity contribution is -0.119. The molecule has 1 rings (SSSR count). The van der Waals surface area contributed by atoms with Gasteiger partial charge in [0.1, 0.15) is 0 Å². The Morgan fingerprint density at radius 3 is 2.50 bits per heavy atom. The van der Waals surface area contributed by atoms with Crippen LogP contribution in [0.1, 0.15) is 12.5 Å². The van der Waals surface area contributed by atoms with Gasteiger partial charge in [-0.05, 0) is 12.0 Å². The summed E-state index contributed by atoms with van der Waals surface area (Å²) in [6.07, 6.45) is 0.445.